The molecule has 1 aromatic carbocycles. The van der Waals surface area contributed by atoms with E-state index in [1.807, 2.05) is 6.07 Å². The minimum atomic E-state index is -1.17. The van der Waals surface area contributed by atoms with E-state index in [4.69, 9.17) is 4.74 Å². The van der Waals surface area contributed by atoms with Gasteiger partial charge >= 0.3 is 0 Å². The van der Waals surface area contributed by atoms with Gasteiger partial charge in [-0.3, -0.25) is 0 Å². The summed E-state index contributed by atoms with van der Waals surface area (Å²) in [4.78, 5) is 8.36. The first-order valence-corrected chi connectivity index (χ1v) is 10.3. The largest absolute Gasteiger partial charge is 0.487 e. The van der Waals surface area contributed by atoms with Gasteiger partial charge in [0, 0.05) is 30.9 Å². The molecule has 2 aliphatic rings. The highest BCUT2D eigenvalue weighted by Gasteiger charge is 2.45. The van der Waals surface area contributed by atoms with E-state index in [1.165, 1.54) is 12.4 Å². The second-order valence-electron chi connectivity index (χ2n) is 8.13. The van der Waals surface area contributed by atoms with Crippen LogP contribution in [0.2, 0.25) is 0 Å². The smallest absolute Gasteiger partial charge is 0.151 e. The van der Waals surface area contributed by atoms with E-state index in [9.17, 15) is 19.9 Å². The lowest BCUT2D eigenvalue weighted by Crippen LogP contribution is -2.35. The number of aliphatic hydroxyl groups is 2. The van der Waals surface area contributed by atoms with Crippen LogP contribution in [0.3, 0.4) is 0 Å². The molecule has 0 saturated heterocycles. The Bertz CT molecular complexity index is 1200. The quantitative estimate of drug-likeness (QED) is 0.585. The van der Waals surface area contributed by atoms with Crippen molar-refractivity contribution in [1.82, 2.24) is 19.9 Å². The minimum Gasteiger partial charge on any atom is -0.487 e. The molecule has 8 nitrogen and oxygen atoms in total. The van der Waals surface area contributed by atoms with E-state index in [0.717, 1.165) is 24.1 Å². The zero-order chi connectivity index (χ0) is 21.7. The molecule has 1 saturated carbocycles. The Morgan fingerprint density at radius 3 is 2.97 bits per heavy atom. The molecule has 0 amide bonds. The van der Waals surface area contributed by atoms with Gasteiger partial charge in [0.05, 0.1) is 23.1 Å². The van der Waals surface area contributed by atoms with Crippen molar-refractivity contribution in [3.05, 3.63) is 52.9 Å². The van der Waals surface area contributed by atoms with Crippen LogP contribution in [-0.2, 0) is 13.0 Å². The fraction of sp³-hybridized carbons (Fsp3) is 0.409. The summed E-state index contributed by atoms with van der Waals surface area (Å²) in [7, 11) is 0. The minimum absolute atomic E-state index is 0.258. The Hall–Kier alpha value is -3.06. The van der Waals surface area contributed by atoms with E-state index >= 15 is 0 Å². The van der Waals surface area contributed by atoms with Gasteiger partial charge < -0.3 is 24.8 Å². The van der Waals surface area contributed by atoms with Crippen molar-refractivity contribution in [3.8, 4) is 11.8 Å². The summed E-state index contributed by atoms with van der Waals surface area (Å²) in [5, 5.41) is 34.4. The maximum atomic E-state index is 14.4. The first kappa shape index (κ1) is 19.9. The van der Waals surface area contributed by atoms with Crippen LogP contribution in [0.1, 0.15) is 35.0 Å². The number of fused-ring (bicyclic) bond motifs is 2. The number of rotatable bonds is 3. The second-order valence-corrected chi connectivity index (χ2v) is 8.13. The molecular weight excluding hydrogens is 401 g/mol. The van der Waals surface area contributed by atoms with Crippen molar-refractivity contribution in [3.63, 3.8) is 0 Å². The summed E-state index contributed by atoms with van der Waals surface area (Å²) >= 11 is 0. The van der Waals surface area contributed by atoms with Crippen molar-refractivity contribution >= 4 is 11.0 Å². The van der Waals surface area contributed by atoms with Crippen LogP contribution in [0.25, 0.3) is 11.0 Å². The van der Waals surface area contributed by atoms with Crippen LogP contribution < -0.4 is 10.1 Å². The number of aliphatic hydroxyl groups excluding tert-OH is 2. The Morgan fingerprint density at radius 2 is 2.16 bits per heavy atom. The van der Waals surface area contributed by atoms with Crippen LogP contribution in [0.5, 0.6) is 5.75 Å². The Labute approximate surface area is 177 Å². The highest BCUT2D eigenvalue weighted by Crippen LogP contribution is 2.38. The lowest BCUT2D eigenvalue weighted by Gasteiger charge is -2.24. The van der Waals surface area contributed by atoms with Gasteiger partial charge in [-0.15, -0.1) is 0 Å². The third kappa shape index (κ3) is 3.33. The first-order chi connectivity index (χ1) is 15.0. The number of aryl methyl sites for hydroxylation is 1. The van der Waals surface area contributed by atoms with Crippen molar-refractivity contribution in [2.24, 2.45) is 0 Å². The van der Waals surface area contributed by atoms with Crippen LogP contribution in [0, 0.1) is 24.1 Å². The molecule has 5 rings (SSSR count). The number of halogens is 1. The van der Waals surface area contributed by atoms with Crippen LogP contribution in [0.15, 0.2) is 24.5 Å². The highest BCUT2D eigenvalue weighted by atomic mass is 19.1. The summed E-state index contributed by atoms with van der Waals surface area (Å²) in [6.07, 6.45) is 0.686. The Morgan fingerprint density at radius 1 is 1.32 bits per heavy atom. The highest BCUT2D eigenvalue weighted by molar-refractivity contribution is 5.76. The predicted molar refractivity (Wildman–Crippen MR) is 109 cm³/mol. The molecule has 0 radical (unpaired) electrons. The average molecular weight is 423 g/mol. The van der Waals surface area contributed by atoms with Crippen molar-refractivity contribution in [2.45, 2.75) is 50.7 Å². The third-order valence-electron chi connectivity index (χ3n) is 6.18. The number of nitriles is 1. The van der Waals surface area contributed by atoms with E-state index in [0.29, 0.717) is 29.3 Å². The Kier molecular flexibility index (Phi) is 4.85. The maximum absolute atomic E-state index is 14.4. The first-order valence-electron chi connectivity index (χ1n) is 10.3. The molecule has 1 aliphatic heterocycles. The van der Waals surface area contributed by atoms with Gasteiger partial charge in [0.15, 0.2) is 5.82 Å². The summed E-state index contributed by atoms with van der Waals surface area (Å²) in [6, 6.07) is 5.07. The SMILES string of the molecule is Cc1ncc2c(F)cn([C@@H]3C[C@H](Oc4cc(C#N)cc5c4CNCC5)[C@@H](O)[C@H]3O)c2n1. The standard InChI is InChI=1S/C22H22FN5O3/c1-11-26-9-15-16(23)10-28(22(15)27-11)17-6-19(21(30)20(17)29)31-18-5-12(7-24)4-13-2-3-25-8-14(13)18/h4-5,9-10,17,19-21,25,29-30H,2-3,6,8H2,1H3/t17-,19+,20+,21-/m1/s1. The molecule has 0 unspecified atom stereocenters. The molecule has 0 spiro atoms. The second kappa shape index (κ2) is 7.57. The molecule has 3 N–H and O–H groups in total. The van der Waals surface area contributed by atoms with E-state index in [2.05, 4.69) is 21.4 Å². The maximum Gasteiger partial charge on any atom is 0.151 e. The third-order valence-corrected chi connectivity index (χ3v) is 6.18. The molecule has 9 heteroatoms. The van der Waals surface area contributed by atoms with Crippen LogP contribution in [-0.4, -0.2) is 49.6 Å². The van der Waals surface area contributed by atoms with Crippen molar-refractivity contribution in [2.75, 3.05) is 6.54 Å². The van der Waals surface area contributed by atoms with E-state index < -0.39 is 30.2 Å². The number of aromatic nitrogens is 3. The predicted octanol–water partition coefficient (Wildman–Crippen LogP) is 1.51. The molecule has 1 fully saturated rings. The lowest BCUT2D eigenvalue weighted by molar-refractivity contribution is -0.0166. The van der Waals surface area contributed by atoms with Gasteiger partial charge in [-0.05, 0) is 37.6 Å². The Balaban J connectivity index is 1.48. The van der Waals surface area contributed by atoms with Crippen LogP contribution in [0.4, 0.5) is 4.39 Å². The molecular formula is C22H22FN5O3. The van der Waals surface area contributed by atoms with E-state index in [-0.39, 0.29) is 11.8 Å². The fourth-order valence-corrected chi connectivity index (χ4v) is 4.59. The molecule has 1 aliphatic carbocycles. The number of hydrogen-bond acceptors (Lipinski definition) is 7. The number of ether oxygens (including phenoxy) is 1. The average Bonchev–Trinajstić information content (AvgIpc) is 3.24. The van der Waals surface area contributed by atoms with Gasteiger partial charge in [-0.1, -0.05) is 0 Å². The molecule has 4 atom stereocenters. The number of nitrogens with zero attached hydrogens (tertiary/aromatic N) is 4. The van der Waals surface area contributed by atoms with Gasteiger partial charge in [-0.2, -0.15) is 5.26 Å². The summed E-state index contributed by atoms with van der Waals surface area (Å²) in [5.74, 6) is 0.530. The monoisotopic (exact) mass is 423 g/mol. The molecule has 2 aromatic heterocycles. The van der Waals surface area contributed by atoms with Gasteiger partial charge in [0.1, 0.15) is 35.5 Å². The fourth-order valence-electron chi connectivity index (χ4n) is 4.59. The molecule has 31 heavy (non-hydrogen) atoms. The van der Waals surface area contributed by atoms with Crippen LogP contribution >= 0.6 is 0 Å². The molecule has 3 aromatic rings. The van der Waals surface area contributed by atoms with Crippen molar-refractivity contribution < 1.29 is 19.3 Å². The molecule has 160 valence electrons. The van der Waals surface area contributed by atoms with E-state index in [1.54, 1.807) is 17.6 Å². The van der Waals surface area contributed by atoms with Gasteiger partial charge in [0.2, 0.25) is 0 Å². The molecule has 3 heterocycles. The lowest BCUT2D eigenvalue weighted by atomic mass is 9.97. The zero-order valence-corrected chi connectivity index (χ0v) is 16.9. The van der Waals surface area contributed by atoms with Crippen molar-refractivity contribution in [1.29, 1.82) is 5.26 Å². The number of hydrogen-bond donors (Lipinski definition) is 3. The number of benzene rings is 1. The van der Waals surface area contributed by atoms with Gasteiger partial charge in [0.25, 0.3) is 0 Å². The summed E-state index contributed by atoms with van der Waals surface area (Å²) < 4.78 is 22.1. The zero-order valence-electron chi connectivity index (χ0n) is 16.9. The normalized spacial score (nSPS) is 25.4. The summed E-state index contributed by atoms with van der Waals surface area (Å²) in [6.45, 7) is 3.14. The molecule has 0 bridgehead atoms. The van der Waals surface area contributed by atoms with Gasteiger partial charge in [-0.25, -0.2) is 14.4 Å². The number of nitrogens with one attached hydrogen (secondary N) is 1. The topological polar surface area (TPSA) is 116 Å². The summed E-state index contributed by atoms with van der Waals surface area (Å²) in [5.41, 5.74) is 2.86.